The largest absolute Gasteiger partial charge is 0.487 e. The number of halogens is 3. The van der Waals surface area contributed by atoms with E-state index in [0.717, 1.165) is 19.6 Å². The molecule has 2 rings (SSSR count). The van der Waals surface area contributed by atoms with Crippen molar-refractivity contribution in [1.29, 1.82) is 0 Å². The van der Waals surface area contributed by atoms with Crippen molar-refractivity contribution in [3.63, 3.8) is 0 Å². The molecule has 1 aromatic carbocycles. The molecule has 0 aliphatic rings. The zero-order valence-corrected chi connectivity index (χ0v) is 12.7. The van der Waals surface area contributed by atoms with Crippen molar-refractivity contribution in [3.05, 3.63) is 42.7 Å². The van der Waals surface area contributed by atoms with Gasteiger partial charge in [-0.15, -0.1) is 11.3 Å². The van der Waals surface area contributed by atoms with Crippen molar-refractivity contribution in [2.45, 2.75) is 6.61 Å². The van der Waals surface area contributed by atoms with Crippen LogP contribution in [0.3, 0.4) is 0 Å². The Kier molecular flexibility index (Phi) is 4.24. The van der Waals surface area contributed by atoms with Crippen LogP contribution in [0.25, 0.3) is 0 Å². The summed E-state index contributed by atoms with van der Waals surface area (Å²) >= 11 is 14.0. The highest BCUT2D eigenvalue weighted by Gasteiger charge is 2.04. The van der Waals surface area contributed by atoms with E-state index < -0.39 is 0 Å². The van der Waals surface area contributed by atoms with E-state index in [2.05, 4.69) is 36.8 Å². The Morgan fingerprint density at radius 3 is 2.81 bits per heavy atom. The summed E-state index contributed by atoms with van der Waals surface area (Å²) in [4.78, 5) is 4.95. The number of hydrogen-bond donors (Lipinski definition) is 0. The van der Waals surface area contributed by atoms with Gasteiger partial charge in [0.05, 0.1) is 9.35 Å². The highest BCUT2D eigenvalue weighted by molar-refractivity contribution is 9.11. The van der Waals surface area contributed by atoms with Crippen molar-refractivity contribution < 1.29 is 4.74 Å². The molecule has 0 aliphatic heterocycles. The topological polar surface area (TPSA) is 22.1 Å². The first kappa shape index (κ1) is 12.4. The summed E-state index contributed by atoms with van der Waals surface area (Å²) < 4.78 is 8.09. The monoisotopic (exact) mass is 381 g/mol. The minimum Gasteiger partial charge on any atom is -0.487 e. The van der Waals surface area contributed by atoms with Gasteiger partial charge in [-0.1, -0.05) is 27.5 Å². The van der Waals surface area contributed by atoms with Crippen LogP contribution in [-0.2, 0) is 6.61 Å². The average Bonchev–Trinajstić information content (AvgIpc) is 2.63. The molecule has 0 atom stereocenters. The quantitative estimate of drug-likeness (QED) is 0.752. The molecule has 2 aromatic rings. The molecule has 0 bridgehead atoms. The number of ether oxygens (including phenoxy) is 1. The molecule has 2 nitrogen and oxygen atoms in total. The van der Waals surface area contributed by atoms with Gasteiger partial charge >= 0.3 is 0 Å². The van der Waals surface area contributed by atoms with Gasteiger partial charge in [-0.05, 0) is 34.1 Å². The van der Waals surface area contributed by atoms with Gasteiger partial charge in [-0.25, -0.2) is 4.98 Å². The Balaban J connectivity index is 2.04. The first-order valence-electron chi connectivity index (χ1n) is 4.33. The number of hydrogen-bond acceptors (Lipinski definition) is 3. The molecule has 84 valence electrons. The highest BCUT2D eigenvalue weighted by atomic mass is 79.9. The van der Waals surface area contributed by atoms with Gasteiger partial charge in [0.2, 0.25) is 0 Å². The minimum absolute atomic E-state index is 0.477. The second-order valence-electron chi connectivity index (χ2n) is 2.94. The molecule has 0 amide bonds. The summed E-state index contributed by atoms with van der Waals surface area (Å²) in [5.74, 6) is 0.799. The molecule has 1 aromatic heterocycles. The fourth-order valence-corrected chi connectivity index (χ4v) is 3.14. The first-order chi connectivity index (χ1) is 7.65. The maximum absolute atomic E-state index is 5.73. The lowest BCUT2D eigenvalue weighted by molar-refractivity contribution is 0.307. The summed E-state index contributed by atoms with van der Waals surface area (Å²) in [6.45, 7) is 0.477. The molecule has 0 spiro atoms. The van der Waals surface area contributed by atoms with E-state index in [-0.39, 0.29) is 0 Å². The number of rotatable bonds is 3. The number of thiazole rings is 1. The number of benzene rings is 1. The molecular weight excluding hydrogens is 377 g/mol. The summed E-state index contributed by atoms with van der Waals surface area (Å²) in [5, 5.41) is 0. The Morgan fingerprint density at radius 1 is 1.38 bits per heavy atom. The first-order valence-corrected chi connectivity index (χ1v) is 7.11. The zero-order valence-electron chi connectivity index (χ0n) is 7.91. The van der Waals surface area contributed by atoms with Crippen LogP contribution in [-0.4, -0.2) is 4.98 Å². The third kappa shape index (κ3) is 3.20. The van der Waals surface area contributed by atoms with Gasteiger partial charge < -0.3 is 4.74 Å². The predicted molar refractivity (Wildman–Crippen MR) is 73.3 cm³/mol. The fourth-order valence-electron chi connectivity index (χ4n) is 1.09. The van der Waals surface area contributed by atoms with Crippen molar-refractivity contribution in [1.82, 2.24) is 4.98 Å². The molecule has 6 heteroatoms. The molecule has 0 aliphatic carbocycles. The van der Waals surface area contributed by atoms with Crippen LogP contribution in [0.2, 0.25) is 4.47 Å². The van der Waals surface area contributed by atoms with Gasteiger partial charge in [0.1, 0.15) is 12.4 Å². The Labute approximate surface area is 119 Å². The molecule has 0 fully saturated rings. The molecule has 0 unspecified atom stereocenters. The Hall–Kier alpha value is -0.100. The SMILES string of the molecule is Clc1ncc(COc2ccc(Br)cc2Br)s1. The van der Waals surface area contributed by atoms with Crippen LogP contribution in [0.15, 0.2) is 33.3 Å². The smallest absolute Gasteiger partial charge is 0.183 e. The summed E-state index contributed by atoms with van der Waals surface area (Å²) in [6.07, 6.45) is 1.72. The fraction of sp³-hybridized carbons (Fsp3) is 0.100. The van der Waals surface area contributed by atoms with Gasteiger partial charge in [-0.2, -0.15) is 0 Å². The van der Waals surface area contributed by atoms with Crippen molar-refractivity contribution >= 4 is 54.8 Å². The van der Waals surface area contributed by atoms with Crippen molar-refractivity contribution in [2.24, 2.45) is 0 Å². The standard InChI is InChI=1S/C10H6Br2ClNOS/c11-6-1-2-9(8(12)3-6)15-5-7-4-14-10(13)16-7/h1-4H,5H2. The molecular formula is C10H6Br2ClNOS. The van der Waals surface area contributed by atoms with Crippen LogP contribution < -0.4 is 4.74 Å². The van der Waals surface area contributed by atoms with Gasteiger partial charge in [0.15, 0.2) is 4.47 Å². The van der Waals surface area contributed by atoms with E-state index in [1.165, 1.54) is 11.3 Å². The molecule has 0 N–H and O–H groups in total. The van der Waals surface area contributed by atoms with E-state index in [1.54, 1.807) is 6.20 Å². The maximum atomic E-state index is 5.73. The lowest BCUT2D eigenvalue weighted by Crippen LogP contribution is -1.93. The van der Waals surface area contributed by atoms with Crippen LogP contribution in [0.4, 0.5) is 0 Å². The second-order valence-corrected chi connectivity index (χ2v) is 6.41. The van der Waals surface area contributed by atoms with E-state index in [4.69, 9.17) is 16.3 Å². The van der Waals surface area contributed by atoms with Crippen LogP contribution in [0.5, 0.6) is 5.75 Å². The average molecular weight is 383 g/mol. The van der Waals surface area contributed by atoms with Crippen molar-refractivity contribution in [3.8, 4) is 5.75 Å². The summed E-state index contributed by atoms with van der Waals surface area (Å²) in [6, 6.07) is 5.77. The van der Waals surface area contributed by atoms with Gasteiger partial charge in [0.25, 0.3) is 0 Å². The lowest BCUT2D eigenvalue weighted by atomic mass is 10.3. The molecule has 0 radical (unpaired) electrons. The molecule has 16 heavy (non-hydrogen) atoms. The third-order valence-corrected chi connectivity index (χ3v) is 3.99. The van der Waals surface area contributed by atoms with Crippen molar-refractivity contribution in [2.75, 3.05) is 0 Å². The number of nitrogens with zero attached hydrogens (tertiary/aromatic N) is 1. The molecule has 0 saturated heterocycles. The second kappa shape index (κ2) is 5.49. The van der Waals surface area contributed by atoms with Crippen LogP contribution >= 0.6 is 54.8 Å². The van der Waals surface area contributed by atoms with E-state index in [0.29, 0.717) is 11.1 Å². The highest BCUT2D eigenvalue weighted by Crippen LogP contribution is 2.29. The molecule has 1 heterocycles. The minimum atomic E-state index is 0.477. The normalized spacial score (nSPS) is 10.4. The Morgan fingerprint density at radius 2 is 2.19 bits per heavy atom. The van der Waals surface area contributed by atoms with Gasteiger partial charge in [-0.3, -0.25) is 0 Å². The predicted octanol–water partition coefficient (Wildman–Crippen LogP) is 4.90. The van der Waals surface area contributed by atoms with Crippen LogP contribution in [0.1, 0.15) is 4.88 Å². The third-order valence-electron chi connectivity index (χ3n) is 1.79. The van der Waals surface area contributed by atoms with Crippen LogP contribution in [0, 0.1) is 0 Å². The Bertz CT molecular complexity index is 503. The van der Waals surface area contributed by atoms with E-state index in [9.17, 15) is 0 Å². The summed E-state index contributed by atoms with van der Waals surface area (Å²) in [7, 11) is 0. The molecule has 0 saturated carbocycles. The van der Waals surface area contributed by atoms with E-state index >= 15 is 0 Å². The lowest BCUT2D eigenvalue weighted by Gasteiger charge is -2.06. The zero-order chi connectivity index (χ0) is 11.5. The maximum Gasteiger partial charge on any atom is 0.183 e. The summed E-state index contributed by atoms with van der Waals surface area (Å²) in [5.41, 5.74) is 0. The number of aromatic nitrogens is 1. The van der Waals surface area contributed by atoms with Gasteiger partial charge in [0, 0.05) is 10.7 Å². The van der Waals surface area contributed by atoms with E-state index in [1.807, 2.05) is 18.2 Å².